The number of nitrogens with one attached hydrogen (secondary N) is 4. The van der Waals surface area contributed by atoms with Gasteiger partial charge in [0.2, 0.25) is 17.7 Å². The maximum absolute atomic E-state index is 13.4. The first-order chi connectivity index (χ1) is 19.5. The molecule has 13 heteroatoms. The smallest absolute Gasteiger partial charge is 0.326 e. The van der Waals surface area contributed by atoms with Crippen molar-refractivity contribution in [2.24, 2.45) is 5.73 Å². The minimum Gasteiger partial charge on any atom is -0.481 e. The van der Waals surface area contributed by atoms with Crippen molar-refractivity contribution in [3.05, 3.63) is 71.9 Å². The van der Waals surface area contributed by atoms with Gasteiger partial charge in [-0.1, -0.05) is 48.5 Å². The topological polar surface area (TPSA) is 224 Å². The van der Waals surface area contributed by atoms with Crippen molar-refractivity contribution in [3.63, 3.8) is 0 Å². The molecule has 0 fully saturated rings. The van der Waals surface area contributed by atoms with Crippen LogP contribution in [0.4, 0.5) is 0 Å². The molecule has 218 valence electrons. The molecule has 5 atom stereocenters. The quantitative estimate of drug-likeness (QED) is 0.128. The minimum absolute atomic E-state index is 0.0682. The van der Waals surface area contributed by atoms with Gasteiger partial charge >= 0.3 is 11.9 Å². The number of aromatic nitrogens is 1. The van der Waals surface area contributed by atoms with Crippen LogP contribution in [0.1, 0.15) is 24.5 Å². The van der Waals surface area contributed by atoms with Gasteiger partial charge in [0.1, 0.15) is 24.2 Å². The summed E-state index contributed by atoms with van der Waals surface area (Å²) >= 11 is 0. The molecule has 0 saturated carbocycles. The van der Waals surface area contributed by atoms with Gasteiger partial charge in [-0.15, -0.1) is 0 Å². The van der Waals surface area contributed by atoms with E-state index in [2.05, 4.69) is 20.9 Å². The molecule has 1 heterocycles. The SMILES string of the molecule is CC(O)C(N)C(=O)NC(Cc1c[nH]c2ccccc12)C(=O)NC(CC(=O)O)C(=O)NC(Cc1ccccc1)C(=O)O. The third kappa shape index (κ3) is 8.62. The number of carboxylic acids is 2. The number of carboxylic acid groups (broad SMARTS) is 2. The average Bonchev–Trinajstić information content (AvgIpc) is 3.34. The normalized spacial score (nSPS) is 14.7. The first kappa shape index (κ1) is 30.8. The molecule has 0 bridgehead atoms. The third-order valence-corrected chi connectivity index (χ3v) is 6.46. The maximum atomic E-state index is 13.4. The number of nitrogens with two attached hydrogens (primary N) is 1. The second kappa shape index (κ2) is 14.1. The Labute approximate surface area is 235 Å². The molecule has 3 amide bonds. The summed E-state index contributed by atoms with van der Waals surface area (Å²) in [6, 6.07) is 9.98. The molecule has 5 unspecified atom stereocenters. The third-order valence-electron chi connectivity index (χ3n) is 6.46. The Morgan fingerprint density at radius 2 is 1.39 bits per heavy atom. The van der Waals surface area contributed by atoms with E-state index in [1.807, 2.05) is 12.1 Å². The molecule has 0 saturated heterocycles. The van der Waals surface area contributed by atoms with Gasteiger partial charge in [0.15, 0.2) is 0 Å². The Bertz CT molecular complexity index is 1390. The fourth-order valence-electron chi connectivity index (χ4n) is 4.20. The van der Waals surface area contributed by atoms with E-state index in [1.165, 1.54) is 6.92 Å². The number of hydrogen-bond acceptors (Lipinski definition) is 7. The highest BCUT2D eigenvalue weighted by Gasteiger charge is 2.32. The summed E-state index contributed by atoms with van der Waals surface area (Å²) in [4.78, 5) is 65.6. The number of benzene rings is 2. The zero-order valence-corrected chi connectivity index (χ0v) is 22.2. The summed E-state index contributed by atoms with van der Waals surface area (Å²) in [5, 5.41) is 36.6. The Morgan fingerprint density at radius 1 is 0.805 bits per heavy atom. The molecule has 13 nitrogen and oxygen atoms in total. The first-order valence-corrected chi connectivity index (χ1v) is 12.8. The number of aromatic amines is 1. The summed E-state index contributed by atoms with van der Waals surface area (Å²) < 4.78 is 0. The van der Waals surface area contributed by atoms with Crippen LogP contribution in [0, 0.1) is 0 Å². The molecule has 1 aromatic heterocycles. The van der Waals surface area contributed by atoms with Gasteiger partial charge in [0.05, 0.1) is 12.5 Å². The van der Waals surface area contributed by atoms with E-state index in [0.29, 0.717) is 11.1 Å². The lowest BCUT2D eigenvalue weighted by molar-refractivity contribution is -0.143. The number of rotatable bonds is 14. The summed E-state index contributed by atoms with van der Waals surface area (Å²) in [6.07, 6.45) is -0.576. The molecule has 2 aromatic carbocycles. The summed E-state index contributed by atoms with van der Waals surface area (Å²) in [5.41, 5.74) is 7.77. The Balaban J connectivity index is 1.83. The van der Waals surface area contributed by atoms with Crippen molar-refractivity contribution in [2.75, 3.05) is 0 Å². The Morgan fingerprint density at radius 3 is 2.02 bits per heavy atom. The molecular formula is C28H33N5O8. The number of para-hydroxylation sites is 1. The largest absolute Gasteiger partial charge is 0.481 e. The summed E-state index contributed by atoms with van der Waals surface area (Å²) in [7, 11) is 0. The fraction of sp³-hybridized carbons (Fsp3) is 0.321. The number of H-pyrrole nitrogens is 1. The fourth-order valence-corrected chi connectivity index (χ4v) is 4.20. The van der Waals surface area contributed by atoms with Crippen LogP contribution in [0.3, 0.4) is 0 Å². The van der Waals surface area contributed by atoms with Gasteiger partial charge in [-0.25, -0.2) is 4.79 Å². The lowest BCUT2D eigenvalue weighted by Crippen LogP contribution is -2.59. The van der Waals surface area contributed by atoms with Gasteiger partial charge in [-0.3, -0.25) is 19.2 Å². The van der Waals surface area contributed by atoms with E-state index in [-0.39, 0.29) is 12.8 Å². The predicted octanol–water partition coefficient (Wildman–Crippen LogP) is -0.325. The van der Waals surface area contributed by atoms with Crippen molar-refractivity contribution in [1.82, 2.24) is 20.9 Å². The number of fused-ring (bicyclic) bond motifs is 1. The van der Waals surface area contributed by atoms with E-state index in [0.717, 1.165) is 10.9 Å². The predicted molar refractivity (Wildman–Crippen MR) is 147 cm³/mol. The molecule has 0 radical (unpaired) electrons. The number of aliphatic hydroxyl groups is 1. The highest BCUT2D eigenvalue weighted by molar-refractivity contribution is 5.96. The molecule has 3 rings (SSSR count). The van der Waals surface area contributed by atoms with Crippen molar-refractivity contribution in [1.29, 1.82) is 0 Å². The summed E-state index contributed by atoms with van der Waals surface area (Å²) in [5.74, 6) is -5.54. The number of hydrogen-bond donors (Lipinski definition) is 8. The highest BCUT2D eigenvalue weighted by atomic mass is 16.4. The monoisotopic (exact) mass is 567 g/mol. The second-order valence-corrected chi connectivity index (χ2v) is 9.64. The molecule has 41 heavy (non-hydrogen) atoms. The molecule has 0 aliphatic rings. The van der Waals surface area contributed by atoms with E-state index in [1.54, 1.807) is 48.7 Å². The van der Waals surface area contributed by atoms with Crippen LogP contribution >= 0.6 is 0 Å². The number of carbonyl (C=O) groups excluding carboxylic acids is 3. The maximum Gasteiger partial charge on any atom is 0.326 e. The molecule has 0 aliphatic heterocycles. The van der Waals surface area contributed by atoms with Crippen molar-refractivity contribution in [3.8, 4) is 0 Å². The zero-order chi connectivity index (χ0) is 30.1. The van der Waals surface area contributed by atoms with Gasteiger partial charge in [0.25, 0.3) is 0 Å². The van der Waals surface area contributed by atoms with E-state index < -0.39 is 66.4 Å². The zero-order valence-electron chi connectivity index (χ0n) is 22.2. The van der Waals surface area contributed by atoms with Gasteiger partial charge in [-0.2, -0.15) is 0 Å². The summed E-state index contributed by atoms with van der Waals surface area (Å²) in [6.45, 7) is 1.31. The van der Waals surface area contributed by atoms with Crippen LogP contribution in [0.15, 0.2) is 60.8 Å². The standard InChI is InChI=1S/C28H33N5O8/c1-15(34)24(29)27(39)32-20(12-17-14-30-19-10-6-5-9-18(17)19)25(37)31-21(13-23(35)36)26(38)33-22(28(40)41)11-16-7-3-2-4-8-16/h2-10,14-15,20-22,24,30,34H,11-13,29H2,1H3,(H,31,37)(H,32,39)(H,33,38)(H,35,36)(H,40,41). The number of aliphatic hydroxyl groups excluding tert-OH is 1. The Kier molecular flexibility index (Phi) is 10.6. The molecule has 3 aromatic rings. The Hall–Kier alpha value is -4.75. The molecular weight excluding hydrogens is 534 g/mol. The first-order valence-electron chi connectivity index (χ1n) is 12.8. The minimum atomic E-state index is -1.66. The number of carbonyl (C=O) groups is 5. The van der Waals surface area contributed by atoms with Gasteiger partial charge in [0, 0.05) is 29.9 Å². The van der Waals surface area contributed by atoms with E-state index >= 15 is 0 Å². The van der Waals surface area contributed by atoms with Gasteiger partial charge in [-0.05, 0) is 24.1 Å². The molecule has 9 N–H and O–H groups in total. The van der Waals surface area contributed by atoms with E-state index in [9.17, 15) is 39.3 Å². The lowest BCUT2D eigenvalue weighted by atomic mass is 10.0. The van der Waals surface area contributed by atoms with Crippen molar-refractivity contribution < 1.29 is 39.3 Å². The second-order valence-electron chi connectivity index (χ2n) is 9.64. The lowest BCUT2D eigenvalue weighted by Gasteiger charge is -2.25. The van der Waals surface area contributed by atoms with Crippen LogP contribution in [0.5, 0.6) is 0 Å². The van der Waals surface area contributed by atoms with Crippen LogP contribution in [-0.4, -0.2) is 80.2 Å². The van der Waals surface area contributed by atoms with E-state index in [4.69, 9.17) is 5.73 Å². The highest BCUT2D eigenvalue weighted by Crippen LogP contribution is 2.19. The number of amides is 3. The van der Waals surface area contributed by atoms with Crippen LogP contribution in [0.25, 0.3) is 10.9 Å². The number of aliphatic carboxylic acids is 2. The van der Waals surface area contributed by atoms with Crippen molar-refractivity contribution >= 4 is 40.6 Å². The average molecular weight is 568 g/mol. The van der Waals surface area contributed by atoms with Crippen LogP contribution < -0.4 is 21.7 Å². The molecule has 0 spiro atoms. The van der Waals surface area contributed by atoms with Gasteiger partial charge < -0.3 is 42.0 Å². The van der Waals surface area contributed by atoms with Crippen molar-refractivity contribution in [2.45, 2.75) is 56.5 Å². The molecule has 0 aliphatic carbocycles. The van der Waals surface area contributed by atoms with Crippen LogP contribution in [0.2, 0.25) is 0 Å². The van der Waals surface area contributed by atoms with Crippen LogP contribution in [-0.2, 0) is 36.8 Å².